The number of ketones is 1. The van der Waals surface area contributed by atoms with Crippen molar-refractivity contribution in [2.24, 2.45) is 0 Å². The Morgan fingerprint density at radius 3 is 2.38 bits per heavy atom. The number of nitrogens with zero attached hydrogens (tertiary/aromatic N) is 3. The summed E-state index contributed by atoms with van der Waals surface area (Å²) in [5.41, 5.74) is 8.86. The Morgan fingerprint density at radius 1 is 1.15 bits per heavy atom. The van der Waals surface area contributed by atoms with Crippen molar-refractivity contribution in [2.45, 2.75) is 0 Å². The molecule has 130 valence electrons. The number of carbonyl (C=O) groups is 1. The minimum atomic E-state index is -0.208. The lowest BCUT2D eigenvalue weighted by atomic mass is 10.1. The van der Waals surface area contributed by atoms with Crippen LogP contribution in [-0.4, -0.2) is 24.9 Å². The number of benzene rings is 2. The second-order valence-electron chi connectivity index (χ2n) is 5.82. The van der Waals surface area contributed by atoms with E-state index in [0.29, 0.717) is 21.1 Å². The third kappa shape index (κ3) is 3.66. The van der Waals surface area contributed by atoms with Crippen molar-refractivity contribution in [2.75, 3.05) is 30.0 Å². The molecule has 0 unspecified atom stereocenters. The van der Waals surface area contributed by atoms with E-state index in [1.54, 1.807) is 24.3 Å². The lowest BCUT2D eigenvalue weighted by Gasteiger charge is -2.12. The molecule has 0 saturated carbocycles. The van der Waals surface area contributed by atoms with Crippen LogP contribution in [0.5, 0.6) is 0 Å². The van der Waals surface area contributed by atoms with Gasteiger partial charge in [0.25, 0.3) is 0 Å². The van der Waals surface area contributed by atoms with Gasteiger partial charge >= 0.3 is 0 Å². The van der Waals surface area contributed by atoms with Crippen LogP contribution in [-0.2, 0) is 0 Å². The molecular formula is C19H17N5OS. The zero-order valence-electron chi connectivity index (χ0n) is 14.4. The molecule has 0 saturated heterocycles. The largest absolute Gasteiger partial charge is 0.382 e. The van der Waals surface area contributed by atoms with E-state index in [9.17, 15) is 4.79 Å². The maximum Gasteiger partial charge on any atom is 0.206 e. The van der Waals surface area contributed by atoms with E-state index >= 15 is 0 Å². The molecule has 0 atom stereocenters. The summed E-state index contributed by atoms with van der Waals surface area (Å²) in [5.74, 6) is -0.0164. The van der Waals surface area contributed by atoms with Crippen molar-refractivity contribution >= 4 is 39.4 Å². The van der Waals surface area contributed by atoms with Crippen molar-refractivity contribution in [3.63, 3.8) is 0 Å². The van der Waals surface area contributed by atoms with Crippen LogP contribution in [0.15, 0.2) is 48.5 Å². The number of hydrogen-bond acceptors (Lipinski definition) is 7. The minimum Gasteiger partial charge on any atom is -0.382 e. The molecule has 1 heterocycles. The highest BCUT2D eigenvalue weighted by Crippen LogP contribution is 2.30. The SMILES string of the molecule is CN(C)c1ccc(Nc2nc(N)c(C(=O)c3ccc(C#N)cc3)s2)cc1. The van der Waals surface area contributed by atoms with Gasteiger partial charge in [0, 0.05) is 31.0 Å². The van der Waals surface area contributed by atoms with Crippen LogP contribution in [0, 0.1) is 11.3 Å². The van der Waals surface area contributed by atoms with Gasteiger partial charge in [-0.2, -0.15) is 5.26 Å². The molecular weight excluding hydrogens is 346 g/mol. The minimum absolute atomic E-state index is 0.191. The topological polar surface area (TPSA) is 95.0 Å². The predicted molar refractivity (Wildman–Crippen MR) is 105 cm³/mol. The van der Waals surface area contributed by atoms with Gasteiger partial charge in [-0.3, -0.25) is 4.79 Å². The molecule has 0 amide bonds. The van der Waals surface area contributed by atoms with Crippen molar-refractivity contribution < 1.29 is 4.79 Å². The summed E-state index contributed by atoms with van der Waals surface area (Å²) in [5, 5.41) is 12.6. The van der Waals surface area contributed by atoms with Gasteiger partial charge in [-0.1, -0.05) is 11.3 Å². The quantitative estimate of drug-likeness (QED) is 0.672. The van der Waals surface area contributed by atoms with Crippen molar-refractivity contribution in [3.8, 4) is 6.07 Å². The number of nitrogens with two attached hydrogens (primary N) is 1. The Morgan fingerprint density at radius 2 is 1.81 bits per heavy atom. The molecule has 0 radical (unpaired) electrons. The van der Waals surface area contributed by atoms with Crippen LogP contribution >= 0.6 is 11.3 Å². The van der Waals surface area contributed by atoms with E-state index in [1.165, 1.54) is 11.3 Å². The van der Waals surface area contributed by atoms with Crippen molar-refractivity contribution in [3.05, 3.63) is 64.5 Å². The number of nitriles is 1. The summed E-state index contributed by atoms with van der Waals surface area (Å²) in [4.78, 5) is 19.3. The van der Waals surface area contributed by atoms with E-state index in [0.717, 1.165) is 11.4 Å². The van der Waals surface area contributed by atoms with E-state index in [1.807, 2.05) is 49.3 Å². The predicted octanol–water partition coefficient (Wildman–Crippen LogP) is 3.64. The van der Waals surface area contributed by atoms with Crippen LogP contribution in [0.2, 0.25) is 0 Å². The molecule has 0 aliphatic carbocycles. The number of nitrogens with one attached hydrogen (secondary N) is 1. The van der Waals surface area contributed by atoms with Crippen LogP contribution in [0.25, 0.3) is 0 Å². The molecule has 26 heavy (non-hydrogen) atoms. The standard InChI is InChI=1S/C19H17N5OS/c1-24(2)15-9-7-14(8-10-15)22-19-23-18(21)17(26-19)16(25)13-5-3-12(11-20)4-6-13/h3-10H,21H2,1-2H3,(H,22,23). The van der Waals surface area contributed by atoms with Gasteiger partial charge in [0.05, 0.1) is 11.6 Å². The van der Waals surface area contributed by atoms with E-state index < -0.39 is 0 Å². The number of thiazole rings is 1. The van der Waals surface area contributed by atoms with Crippen molar-refractivity contribution in [1.29, 1.82) is 5.26 Å². The van der Waals surface area contributed by atoms with E-state index in [-0.39, 0.29) is 11.6 Å². The van der Waals surface area contributed by atoms with Gasteiger partial charge in [-0.15, -0.1) is 0 Å². The fourth-order valence-electron chi connectivity index (χ4n) is 2.34. The first-order chi connectivity index (χ1) is 12.5. The van der Waals surface area contributed by atoms with Gasteiger partial charge in [0.2, 0.25) is 5.78 Å². The highest BCUT2D eigenvalue weighted by atomic mass is 32.1. The molecule has 3 N–H and O–H groups in total. The molecule has 6 nitrogen and oxygen atoms in total. The number of nitrogen functional groups attached to an aromatic ring is 1. The lowest BCUT2D eigenvalue weighted by Crippen LogP contribution is -2.08. The summed E-state index contributed by atoms with van der Waals surface area (Å²) in [6.45, 7) is 0. The lowest BCUT2D eigenvalue weighted by molar-refractivity contribution is 0.104. The van der Waals surface area contributed by atoms with Gasteiger partial charge in [0.1, 0.15) is 10.7 Å². The first-order valence-electron chi connectivity index (χ1n) is 7.83. The van der Waals surface area contributed by atoms with Gasteiger partial charge in [-0.05, 0) is 48.5 Å². The van der Waals surface area contributed by atoms with E-state index in [4.69, 9.17) is 11.0 Å². The molecule has 0 aliphatic rings. The fraction of sp³-hybridized carbons (Fsp3) is 0.105. The normalized spacial score (nSPS) is 10.2. The highest BCUT2D eigenvalue weighted by Gasteiger charge is 2.18. The first-order valence-corrected chi connectivity index (χ1v) is 8.65. The summed E-state index contributed by atoms with van der Waals surface area (Å²) in [6, 6.07) is 16.3. The molecule has 0 spiro atoms. The monoisotopic (exact) mass is 363 g/mol. The number of hydrogen-bond donors (Lipinski definition) is 2. The molecule has 0 aliphatic heterocycles. The summed E-state index contributed by atoms with van der Waals surface area (Å²) >= 11 is 1.21. The second-order valence-corrected chi connectivity index (χ2v) is 6.82. The number of rotatable bonds is 5. The van der Waals surface area contributed by atoms with Gasteiger partial charge < -0.3 is 16.0 Å². The van der Waals surface area contributed by atoms with Crippen LogP contribution in [0.4, 0.5) is 22.3 Å². The van der Waals surface area contributed by atoms with Crippen LogP contribution in [0.1, 0.15) is 20.8 Å². The van der Waals surface area contributed by atoms with Crippen molar-refractivity contribution in [1.82, 2.24) is 4.98 Å². The second kappa shape index (κ2) is 7.25. The number of anilines is 4. The van der Waals surface area contributed by atoms with Gasteiger partial charge in [-0.25, -0.2) is 4.98 Å². The molecule has 0 fully saturated rings. The molecule has 0 bridgehead atoms. The fourth-order valence-corrected chi connectivity index (χ4v) is 3.21. The Balaban J connectivity index is 1.79. The maximum absolute atomic E-state index is 12.6. The molecule has 3 aromatic rings. The third-order valence-electron chi connectivity index (χ3n) is 3.77. The highest BCUT2D eigenvalue weighted by molar-refractivity contribution is 7.18. The molecule has 3 rings (SSSR count). The number of carbonyl (C=O) groups excluding carboxylic acids is 1. The van der Waals surface area contributed by atoms with Crippen LogP contribution < -0.4 is 16.0 Å². The smallest absolute Gasteiger partial charge is 0.206 e. The Kier molecular flexibility index (Phi) is 4.87. The third-order valence-corrected chi connectivity index (χ3v) is 4.76. The number of aromatic nitrogens is 1. The Bertz CT molecular complexity index is 969. The first kappa shape index (κ1) is 17.5. The summed E-state index contributed by atoms with van der Waals surface area (Å²) in [7, 11) is 3.95. The Hall–Kier alpha value is -3.37. The molecule has 7 heteroatoms. The zero-order valence-corrected chi connectivity index (χ0v) is 15.2. The Labute approximate surface area is 155 Å². The average molecular weight is 363 g/mol. The maximum atomic E-state index is 12.6. The van der Waals surface area contributed by atoms with Gasteiger partial charge in [0.15, 0.2) is 5.13 Å². The summed E-state index contributed by atoms with van der Waals surface area (Å²) < 4.78 is 0. The molecule has 1 aromatic heterocycles. The summed E-state index contributed by atoms with van der Waals surface area (Å²) in [6.07, 6.45) is 0. The average Bonchev–Trinajstić information content (AvgIpc) is 3.01. The van der Waals surface area contributed by atoms with E-state index in [2.05, 4.69) is 10.3 Å². The molecule has 2 aromatic carbocycles. The van der Waals surface area contributed by atoms with Crippen LogP contribution in [0.3, 0.4) is 0 Å². The zero-order chi connectivity index (χ0) is 18.7.